The van der Waals surface area contributed by atoms with Gasteiger partial charge in [-0.1, -0.05) is 20.3 Å². The molecule has 16 heavy (non-hydrogen) atoms. The summed E-state index contributed by atoms with van der Waals surface area (Å²) in [4.78, 5) is 16.8. The van der Waals surface area contributed by atoms with E-state index < -0.39 is 5.97 Å². The second kappa shape index (κ2) is 5.49. The van der Waals surface area contributed by atoms with Gasteiger partial charge in [0.1, 0.15) is 5.56 Å². The van der Waals surface area contributed by atoms with Crippen LogP contribution in [0.1, 0.15) is 30.6 Å². The van der Waals surface area contributed by atoms with E-state index in [1.165, 1.54) is 6.20 Å². The van der Waals surface area contributed by atoms with Crippen LogP contribution in [-0.4, -0.2) is 29.7 Å². The Balaban J connectivity index is 2.90. The summed E-state index contributed by atoms with van der Waals surface area (Å²) in [5, 5.41) is 9.04. The van der Waals surface area contributed by atoms with Gasteiger partial charge in [-0.15, -0.1) is 0 Å². The lowest BCUT2D eigenvalue weighted by molar-refractivity contribution is 0.0697. The van der Waals surface area contributed by atoms with E-state index in [4.69, 9.17) is 5.11 Å². The van der Waals surface area contributed by atoms with Crippen molar-refractivity contribution in [2.75, 3.05) is 18.5 Å². The maximum absolute atomic E-state index is 11.0. The standard InChI is InChI=1S/C12H18N2O2/c1-4-9(2)8-14(3)11-5-6-13-7-10(11)12(15)16/h5-7,9H,4,8H2,1-3H3,(H,15,16). The highest BCUT2D eigenvalue weighted by Gasteiger charge is 2.14. The zero-order chi connectivity index (χ0) is 12.1. The highest BCUT2D eigenvalue weighted by molar-refractivity contribution is 5.93. The van der Waals surface area contributed by atoms with Gasteiger partial charge in [0.15, 0.2) is 0 Å². The molecule has 0 bridgehead atoms. The molecule has 4 heteroatoms. The molecule has 0 saturated heterocycles. The van der Waals surface area contributed by atoms with E-state index in [2.05, 4.69) is 18.8 Å². The number of carboxylic acid groups (broad SMARTS) is 1. The van der Waals surface area contributed by atoms with Gasteiger partial charge >= 0.3 is 5.97 Å². The third-order valence-electron chi connectivity index (χ3n) is 2.72. The normalized spacial score (nSPS) is 12.2. The molecule has 0 aliphatic heterocycles. The van der Waals surface area contributed by atoms with Crippen molar-refractivity contribution >= 4 is 11.7 Å². The maximum Gasteiger partial charge on any atom is 0.339 e. The summed E-state index contributed by atoms with van der Waals surface area (Å²) in [6, 6.07) is 1.74. The van der Waals surface area contributed by atoms with Gasteiger partial charge in [0.2, 0.25) is 0 Å². The molecule has 1 atom stereocenters. The molecule has 0 aliphatic carbocycles. The van der Waals surface area contributed by atoms with Crippen LogP contribution in [0.3, 0.4) is 0 Å². The number of aromatic carboxylic acids is 1. The molecule has 0 aromatic carbocycles. The van der Waals surface area contributed by atoms with Crippen LogP contribution in [0.2, 0.25) is 0 Å². The Bertz CT molecular complexity index is 366. The lowest BCUT2D eigenvalue weighted by Gasteiger charge is -2.23. The minimum atomic E-state index is -0.931. The fourth-order valence-electron chi connectivity index (χ4n) is 1.58. The van der Waals surface area contributed by atoms with Gasteiger partial charge < -0.3 is 10.0 Å². The van der Waals surface area contributed by atoms with E-state index in [0.29, 0.717) is 5.92 Å². The summed E-state index contributed by atoms with van der Waals surface area (Å²) in [5.74, 6) is -0.390. The quantitative estimate of drug-likeness (QED) is 0.830. The Hall–Kier alpha value is -1.58. The van der Waals surface area contributed by atoms with Crippen molar-refractivity contribution in [1.29, 1.82) is 0 Å². The third-order valence-corrected chi connectivity index (χ3v) is 2.72. The second-order valence-electron chi connectivity index (χ2n) is 4.09. The monoisotopic (exact) mass is 222 g/mol. The molecule has 1 N–H and O–H groups in total. The van der Waals surface area contributed by atoms with E-state index in [1.807, 2.05) is 11.9 Å². The Morgan fingerprint density at radius 3 is 2.88 bits per heavy atom. The van der Waals surface area contributed by atoms with E-state index in [1.54, 1.807) is 12.3 Å². The van der Waals surface area contributed by atoms with Crippen LogP contribution in [-0.2, 0) is 0 Å². The third kappa shape index (κ3) is 2.95. The van der Waals surface area contributed by atoms with Gasteiger partial charge in [-0.2, -0.15) is 0 Å². The van der Waals surface area contributed by atoms with E-state index in [9.17, 15) is 4.79 Å². The smallest absolute Gasteiger partial charge is 0.339 e. The number of pyridine rings is 1. The summed E-state index contributed by atoms with van der Waals surface area (Å²) in [5.41, 5.74) is 0.983. The van der Waals surface area contributed by atoms with Crippen LogP contribution in [0.4, 0.5) is 5.69 Å². The Morgan fingerprint density at radius 2 is 2.31 bits per heavy atom. The largest absolute Gasteiger partial charge is 0.478 e. The lowest BCUT2D eigenvalue weighted by Crippen LogP contribution is -2.25. The predicted molar refractivity (Wildman–Crippen MR) is 63.9 cm³/mol. The number of aromatic nitrogens is 1. The van der Waals surface area contributed by atoms with E-state index in [-0.39, 0.29) is 5.56 Å². The van der Waals surface area contributed by atoms with Crippen molar-refractivity contribution in [3.63, 3.8) is 0 Å². The van der Waals surface area contributed by atoms with Crippen LogP contribution < -0.4 is 4.90 Å². The van der Waals surface area contributed by atoms with Crippen molar-refractivity contribution in [3.05, 3.63) is 24.0 Å². The minimum absolute atomic E-state index is 0.258. The second-order valence-corrected chi connectivity index (χ2v) is 4.09. The fraction of sp³-hybridized carbons (Fsp3) is 0.500. The number of hydrogen-bond donors (Lipinski definition) is 1. The average Bonchev–Trinajstić information content (AvgIpc) is 2.28. The molecular formula is C12H18N2O2. The molecule has 1 unspecified atom stereocenters. The summed E-state index contributed by atoms with van der Waals surface area (Å²) >= 11 is 0. The number of hydrogen-bond acceptors (Lipinski definition) is 3. The van der Waals surface area contributed by atoms with Crippen LogP contribution >= 0.6 is 0 Å². The molecule has 0 fully saturated rings. The number of carboxylic acids is 1. The van der Waals surface area contributed by atoms with Crippen LogP contribution in [0.15, 0.2) is 18.5 Å². The first-order chi connectivity index (χ1) is 7.56. The highest BCUT2D eigenvalue weighted by Crippen LogP contribution is 2.19. The molecule has 0 amide bonds. The van der Waals surface area contributed by atoms with Crippen LogP contribution in [0.5, 0.6) is 0 Å². The molecule has 0 saturated carbocycles. The van der Waals surface area contributed by atoms with Crippen LogP contribution in [0, 0.1) is 5.92 Å². The van der Waals surface area contributed by atoms with Gasteiger partial charge in [-0.05, 0) is 12.0 Å². The van der Waals surface area contributed by atoms with Crippen molar-refractivity contribution in [3.8, 4) is 0 Å². The topological polar surface area (TPSA) is 53.4 Å². The average molecular weight is 222 g/mol. The van der Waals surface area contributed by atoms with Crippen molar-refractivity contribution < 1.29 is 9.90 Å². The molecule has 4 nitrogen and oxygen atoms in total. The molecule has 0 spiro atoms. The van der Waals surface area contributed by atoms with Gasteiger partial charge in [-0.25, -0.2) is 4.79 Å². The molecule has 1 aromatic rings. The molecule has 1 heterocycles. The van der Waals surface area contributed by atoms with Crippen molar-refractivity contribution in [2.24, 2.45) is 5.92 Å². The van der Waals surface area contributed by atoms with Gasteiger partial charge in [0.25, 0.3) is 0 Å². The number of carbonyl (C=O) groups is 1. The van der Waals surface area contributed by atoms with Crippen LogP contribution in [0.25, 0.3) is 0 Å². The SMILES string of the molecule is CCC(C)CN(C)c1ccncc1C(=O)O. The molecule has 88 valence electrons. The number of anilines is 1. The van der Waals surface area contributed by atoms with Gasteiger partial charge in [0, 0.05) is 26.0 Å². The van der Waals surface area contributed by atoms with E-state index in [0.717, 1.165) is 18.7 Å². The summed E-state index contributed by atoms with van der Waals surface area (Å²) in [6.45, 7) is 5.13. The Labute approximate surface area is 95.9 Å². The predicted octanol–water partition coefficient (Wildman–Crippen LogP) is 2.26. The number of rotatable bonds is 5. The van der Waals surface area contributed by atoms with Gasteiger partial charge in [0.05, 0.1) is 5.69 Å². The molecule has 0 radical (unpaired) electrons. The van der Waals surface area contributed by atoms with Crippen molar-refractivity contribution in [1.82, 2.24) is 4.98 Å². The molecule has 1 aromatic heterocycles. The summed E-state index contributed by atoms with van der Waals surface area (Å²) < 4.78 is 0. The maximum atomic E-state index is 11.0. The molecular weight excluding hydrogens is 204 g/mol. The molecule has 1 rings (SSSR count). The highest BCUT2D eigenvalue weighted by atomic mass is 16.4. The minimum Gasteiger partial charge on any atom is -0.478 e. The Morgan fingerprint density at radius 1 is 1.62 bits per heavy atom. The summed E-state index contributed by atoms with van der Waals surface area (Å²) in [6.07, 6.45) is 4.09. The zero-order valence-electron chi connectivity index (χ0n) is 9.97. The first-order valence-corrected chi connectivity index (χ1v) is 5.44. The summed E-state index contributed by atoms with van der Waals surface area (Å²) in [7, 11) is 1.91. The number of nitrogens with zero attached hydrogens (tertiary/aromatic N) is 2. The van der Waals surface area contributed by atoms with E-state index >= 15 is 0 Å². The first kappa shape index (κ1) is 12.5. The zero-order valence-corrected chi connectivity index (χ0v) is 9.97. The Kier molecular flexibility index (Phi) is 4.28. The van der Waals surface area contributed by atoms with Crippen molar-refractivity contribution in [2.45, 2.75) is 20.3 Å². The first-order valence-electron chi connectivity index (χ1n) is 5.44. The molecule has 0 aliphatic rings. The lowest BCUT2D eigenvalue weighted by atomic mass is 10.1. The fourth-order valence-corrected chi connectivity index (χ4v) is 1.58. The van der Waals surface area contributed by atoms with Gasteiger partial charge in [-0.3, -0.25) is 4.98 Å².